The number of carboxylic acid groups (broad SMARTS) is 1. The standard InChI is InChI=1S/C10H19NO5S/c1-10(2,9(12)13)7-11-17(14,15)8-3-5-16-6-4-8/h8,11H,3-7H2,1-2H3,(H,12,13). The summed E-state index contributed by atoms with van der Waals surface area (Å²) in [6, 6.07) is 0. The van der Waals surface area contributed by atoms with E-state index in [1.54, 1.807) is 0 Å². The monoisotopic (exact) mass is 265 g/mol. The highest BCUT2D eigenvalue weighted by molar-refractivity contribution is 7.90. The van der Waals surface area contributed by atoms with Crippen molar-refractivity contribution in [1.29, 1.82) is 0 Å². The van der Waals surface area contributed by atoms with Crippen LogP contribution in [-0.4, -0.2) is 44.5 Å². The SMILES string of the molecule is CC(C)(CNS(=O)(=O)C1CCOCC1)C(=O)O. The molecule has 6 nitrogen and oxygen atoms in total. The van der Waals surface area contributed by atoms with Crippen LogP contribution in [0.4, 0.5) is 0 Å². The van der Waals surface area contributed by atoms with Gasteiger partial charge in [0.25, 0.3) is 0 Å². The third-order valence-electron chi connectivity index (χ3n) is 2.90. The zero-order chi connectivity index (χ0) is 13.1. The van der Waals surface area contributed by atoms with Crippen molar-refractivity contribution in [2.45, 2.75) is 31.9 Å². The first-order valence-corrected chi connectivity index (χ1v) is 7.10. The number of hydrogen-bond donors (Lipinski definition) is 2. The van der Waals surface area contributed by atoms with Gasteiger partial charge in [-0.25, -0.2) is 13.1 Å². The largest absolute Gasteiger partial charge is 0.481 e. The number of aliphatic carboxylic acids is 1. The Labute approximate surface area is 101 Å². The van der Waals surface area contributed by atoms with Gasteiger partial charge in [0.1, 0.15) is 0 Å². The van der Waals surface area contributed by atoms with Crippen LogP contribution in [0.1, 0.15) is 26.7 Å². The summed E-state index contributed by atoms with van der Waals surface area (Å²) >= 11 is 0. The number of nitrogens with one attached hydrogen (secondary N) is 1. The van der Waals surface area contributed by atoms with E-state index >= 15 is 0 Å². The second-order valence-electron chi connectivity index (χ2n) is 4.87. The second-order valence-corrected chi connectivity index (χ2v) is 6.91. The lowest BCUT2D eigenvalue weighted by atomic mass is 9.95. The van der Waals surface area contributed by atoms with Gasteiger partial charge in [-0.1, -0.05) is 0 Å². The average Bonchev–Trinajstić information content (AvgIpc) is 2.28. The molecule has 1 aliphatic rings. The van der Waals surface area contributed by atoms with Crippen molar-refractivity contribution in [3.8, 4) is 0 Å². The minimum Gasteiger partial charge on any atom is -0.481 e. The molecule has 1 rings (SSSR count). The maximum atomic E-state index is 11.9. The first kappa shape index (κ1) is 14.4. The molecule has 0 amide bonds. The van der Waals surface area contributed by atoms with Crippen LogP contribution in [0.25, 0.3) is 0 Å². The molecule has 0 saturated carbocycles. The Bertz CT molecular complexity index is 370. The average molecular weight is 265 g/mol. The van der Waals surface area contributed by atoms with E-state index in [4.69, 9.17) is 9.84 Å². The van der Waals surface area contributed by atoms with E-state index in [2.05, 4.69) is 4.72 Å². The smallest absolute Gasteiger partial charge is 0.310 e. The third kappa shape index (κ3) is 3.93. The summed E-state index contributed by atoms with van der Waals surface area (Å²) in [4.78, 5) is 10.9. The number of carbonyl (C=O) groups is 1. The summed E-state index contributed by atoms with van der Waals surface area (Å²) in [5, 5.41) is 8.42. The van der Waals surface area contributed by atoms with Gasteiger partial charge in [0.15, 0.2) is 0 Å². The lowest BCUT2D eigenvalue weighted by Gasteiger charge is -2.25. The van der Waals surface area contributed by atoms with Crippen LogP contribution < -0.4 is 4.72 Å². The van der Waals surface area contributed by atoms with E-state index in [9.17, 15) is 13.2 Å². The van der Waals surface area contributed by atoms with E-state index in [-0.39, 0.29) is 6.54 Å². The van der Waals surface area contributed by atoms with Crippen LogP contribution in [0.2, 0.25) is 0 Å². The van der Waals surface area contributed by atoms with Crippen molar-refractivity contribution < 1.29 is 23.1 Å². The molecule has 1 saturated heterocycles. The Morgan fingerprint density at radius 3 is 2.41 bits per heavy atom. The van der Waals surface area contributed by atoms with E-state index in [1.165, 1.54) is 13.8 Å². The van der Waals surface area contributed by atoms with Crippen LogP contribution in [-0.2, 0) is 19.6 Å². The molecular formula is C10H19NO5S. The van der Waals surface area contributed by atoms with Crippen molar-refractivity contribution >= 4 is 16.0 Å². The summed E-state index contributed by atoms with van der Waals surface area (Å²) < 4.78 is 31.3. The van der Waals surface area contributed by atoms with E-state index in [0.29, 0.717) is 26.1 Å². The van der Waals surface area contributed by atoms with Gasteiger partial charge >= 0.3 is 5.97 Å². The molecule has 1 heterocycles. The zero-order valence-electron chi connectivity index (χ0n) is 10.1. The topological polar surface area (TPSA) is 92.7 Å². The molecule has 17 heavy (non-hydrogen) atoms. The molecule has 0 spiro atoms. The van der Waals surface area contributed by atoms with Crippen LogP contribution in [0, 0.1) is 5.41 Å². The highest BCUT2D eigenvalue weighted by Gasteiger charge is 2.32. The molecule has 0 radical (unpaired) electrons. The van der Waals surface area contributed by atoms with Gasteiger partial charge in [0, 0.05) is 19.8 Å². The zero-order valence-corrected chi connectivity index (χ0v) is 10.9. The molecule has 0 aromatic heterocycles. The molecular weight excluding hydrogens is 246 g/mol. The number of carboxylic acids is 1. The summed E-state index contributed by atoms with van der Waals surface area (Å²) in [6.07, 6.45) is 0.922. The highest BCUT2D eigenvalue weighted by atomic mass is 32.2. The van der Waals surface area contributed by atoms with E-state index in [0.717, 1.165) is 0 Å². The number of ether oxygens (including phenoxy) is 1. The molecule has 0 bridgehead atoms. The van der Waals surface area contributed by atoms with Gasteiger partial charge < -0.3 is 9.84 Å². The molecule has 100 valence electrons. The Morgan fingerprint density at radius 2 is 1.94 bits per heavy atom. The van der Waals surface area contributed by atoms with Crippen LogP contribution >= 0.6 is 0 Å². The second kappa shape index (κ2) is 5.32. The Balaban J connectivity index is 2.58. The molecule has 0 aliphatic carbocycles. The molecule has 1 fully saturated rings. The van der Waals surface area contributed by atoms with Crippen LogP contribution in [0.3, 0.4) is 0 Å². The quantitative estimate of drug-likeness (QED) is 0.740. The normalized spacial score (nSPS) is 19.2. The maximum Gasteiger partial charge on any atom is 0.310 e. The van der Waals surface area contributed by atoms with Gasteiger partial charge in [-0.3, -0.25) is 4.79 Å². The maximum absolute atomic E-state index is 11.9. The first-order chi connectivity index (χ1) is 7.76. The fraction of sp³-hybridized carbons (Fsp3) is 0.900. The van der Waals surface area contributed by atoms with Gasteiger partial charge in [-0.05, 0) is 26.7 Å². The Morgan fingerprint density at radius 1 is 1.41 bits per heavy atom. The molecule has 7 heteroatoms. The third-order valence-corrected chi connectivity index (χ3v) is 4.80. The van der Waals surface area contributed by atoms with Gasteiger partial charge in [-0.15, -0.1) is 0 Å². The first-order valence-electron chi connectivity index (χ1n) is 5.55. The summed E-state index contributed by atoms with van der Waals surface area (Å²) in [5.41, 5.74) is -1.10. The van der Waals surface area contributed by atoms with Crippen molar-refractivity contribution in [2.24, 2.45) is 5.41 Å². The van der Waals surface area contributed by atoms with Crippen LogP contribution in [0.15, 0.2) is 0 Å². The van der Waals surface area contributed by atoms with Crippen LogP contribution in [0.5, 0.6) is 0 Å². The predicted molar refractivity (Wildman–Crippen MR) is 62.2 cm³/mol. The number of hydrogen-bond acceptors (Lipinski definition) is 4. The number of rotatable bonds is 5. The Hall–Kier alpha value is -0.660. The molecule has 2 N–H and O–H groups in total. The van der Waals surface area contributed by atoms with Gasteiger partial charge in [0.05, 0.1) is 10.7 Å². The van der Waals surface area contributed by atoms with Gasteiger partial charge in [-0.2, -0.15) is 0 Å². The van der Waals surface area contributed by atoms with E-state index in [1.807, 2.05) is 0 Å². The number of sulfonamides is 1. The molecule has 1 aliphatic heterocycles. The fourth-order valence-electron chi connectivity index (χ4n) is 1.46. The molecule has 0 atom stereocenters. The minimum atomic E-state index is -3.44. The van der Waals surface area contributed by atoms with Gasteiger partial charge in [0.2, 0.25) is 10.0 Å². The highest BCUT2D eigenvalue weighted by Crippen LogP contribution is 2.18. The van der Waals surface area contributed by atoms with Crippen molar-refractivity contribution in [2.75, 3.05) is 19.8 Å². The van der Waals surface area contributed by atoms with Crippen molar-refractivity contribution in [1.82, 2.24) is 4.72 Å². The van der Waals surface area contributed by atoms with Crippen molar-refractivity contribution in [3.05, 3.63) is 0 Å². The lowest BCUT2D eigenvalue weighted by molar-refractivity contribution is -0.146. The minimum absolute atomic E-state index is 0.0952. The summed E-state index contributed by atoms with van der Waals surface area (Å²) in [5.74, 6) is -1.02. The van der Waals surface area contributed by atoms with E-state index < -0.39 is 26.7 Å². The lowest BCUT2D eigenvalue weighted by Crippen LogP contribution is -2.44. The Kier molecular flexibility index (Phi) is 4.51. The molecule has 0 unspecified atom stereocenters. The summed E-state index contributed by atoms with van der Waals surface area (Å²) in [7, 11) is -3.44. The molecule has 0 aromatic rings. The summed E-state index contributed by atoms with van der Waals surface area (Å²) in [6.45, 7) is 3.76. The predicted octanol–water partition coefficient (Wildman–Crippen LogP) is 0.196. The molecule has 0 aromatic carbocycles. The van der Waals surface area contributed by atoms with Crippen molar-refractivity contribution in [3.63, 3.8) is 0 Å². The fourth-order valence-corrected chi connectivity index (χ4v) is 3.07.